The maximum Gasteiger partial charge on any atom is 0.0738 e. The molecule has 0 saturated carbocycles. The fraction of sp³-hybridized carbons (Fsp3) is 0.400. The van der Waals surface area contributed by atoms with Crippen molar-refractivity contribution < 1.29 is 0 Å². The molecule has 1 aromatic heterocycles. The van der Waals surface area contributed by atoms with Crippen LogP contribution in [-0.2, 0) is 13.0 Å². The van der Waals surface area contributed by atoms with Crippen LogP contribution in [0.15, 0.2) is 27.1 Å². The Morgan fingerprint density at radius 1 is 1.30 bits per heavy atom. The third-order valence-corrected chi connectivity index (χ3v) is 5.02. The molecule has 5 heteroatoms. The van der Waals surface area contributed by atoms with E-state index in [2.05, 4.69) is 62.9 Å². The lowest BCUT2D eigenvalue weighted by Gasteiger charge is -2.16. The maximum atomic E-state index is 6.40. The van der Waals surface area contributed by atoms with Gasteiger partial charge in [-0.2, -0.15) is 5.10 Å². The molecule has 1 atom stereocenters. The van der Waals surface area contributed by atoms with Gasteiger partial charge >= 0.3 is 0 Å². The summed E-state index contributed by atoms with van der Waals surface area (Å²) < 4.78 is 4.18. The molecule has 0 aliphatic heterocycles. The molecule has 0 aliphatic carbocycles. The minimum Gasteiger partial charge on any atom is -0.324 e. The van der Waals surface area contributed by atoms with Crippen LogP contribution < -0.4 is 5.73 Å². The van der Waals surface area contributed by atoms with Crippen molar-refractivity contribution in [2.75, 3.05) is 0 Å². The minimum absolute atomic E-state index is 0.0270. The number of nitrogens with two attached hydrogens (primary N) is 1. The monoisotopic (exact) mass is 399 g/mol. The van der Waals surface area contributed by atoms with E-state index in [4.69, 9.17) is 5.73 Å². The van der Waals surface area contributed by atoms with Gasteiger partial charge in [0.25, 0.3) is 0 Å². The van der Waals surface area contributed by atoms with Gasteiger partial charge in [0.1, 0.15) is 0 Å². The molecule has 2 aromatic rings. The van der Waals surface area contributed by atoms with Gasteiger partial charge in [-0.05, 0) is 60.0 Å². The van der Waals surface area contributed by atoms with E-state index >= 15 is 0 Å². The quantitative estimate of drug-likeness (QED) is 0.831. The van der Waals surface area contributed by atoms with Crippen LogP contribution in [-0.4, -0.2) is 9.78 Å². The first-order chi connectivity index (χ1) is 9.43. The van der Waals surface area contributed by atoms with E-state index in [9.17, 15) is 0 Å². The Bertz CT molecular complexity index is 620. The lowest BCUT2D eigenvalue weighted by Crippen LogP contribution is -2.17. The summed E-state index contributed by atoms with van der Waals surface area (Å²) in [7, 11) is 0. The number of rotatable bonds is 4. The van der Waals surface area contributed by atoms with Gasteiger partial charge in [0.15, 0.2) is 0 Å². The number of hydrogen-bond donors (Lipinski definition) is 1. The summed E-state index contributed by atoms with van der Waals surface area (Å²) in [6.07, 6.45) is 0.776. The summed E-state index contributed by atoms with van der Waals surface area (Å²) >= 11 is 7.11. The van der Waals surface area contributed by atoms with Crippen molar-refractivity contribution in [3.8, 4) is 0 Å². The van der Waals surface area contributed by atoms with E-state index in [1.54, 1.807) is 0 Å². The van der Waals surface area contributed by atoms with E-state index in [0.717, 1.165) is 27.6 Å². The summed E-state index contributed by atoms with van der Waals surface area (Å²) in [5.74, 6) is 0. The zero-order valence-corrected chi connectivity index (χ0v) is 15.1. The number of aromatic nitrogens is 2. The average molecular weight is 401 g/mol. The molecule has 1 heterocycles. The number of aryl methyl sites for hydroxylation is 3. The van der Waals surface area contributed by atoms with Gasteiger partial charge in [0, 0.05) is 23.5 Å². The highest BCUT2D eigenvalue weighted by atomic mass is 79.9. The number of benzene rings is 1. The third-order valence-electron chi connectivity index (χ3n) is 3.50. The van der Waals surface area contributed by atoms with Crippen LogP contribution in [0.5, 0.6) is 0 Å². The summed E-state index contributed by atoms with van der Waals surface area (Å²) in [6.45, 7) is 7.06. The predicted octanol–water partition coefficient (Wildman–Crippen LogP) is 4.29. The van der Waals surface area contributed by atoms with E-state index < -0.39 is 0 Å². The van der Waals surface area contributed by atoms with E-state index in [1.165, 1.54) is 16.8 Å². The Labute approximate surface area is 136 Å². The first-order valence-electron chi connectivity index (χ1n) is 6.67. The normalized spacial score (nSPS) is 12.7. The van der Waals surface area contributed by atoms with Crippen LogP contribution in [0.4, 0.5) is 0 Å². The zero-order chi connectivity index (χ0) is 14.9. The van der Waals surface area contributed by atoms with E-state index in [-0.39, 0.29) is 6.04 Å². The average Bonchev–Trinajstić information content (AvgIpc) is 2.66. The first kappa shape index (κ1) is 15.7. The Morgan fingerprint density at radius 3 is 2.60 bits per heavy atom. The summed E-state index contributed by atoms with van der Waals surface area (Å²) in [5.41, 5.74) is 11.0. The van der Waals surface area contributed by atoms with Crippen LogP contribution in [0.2, 0.25) is 0 Å². The lowest BCUT2D eigenvalue weighted by atomic mass is 9.98. The predicted molar refractivity (Wildman–Crippen MR) is 89.8 cm³/mol. The summed E-state index contributed by atoms with van der Waals surface area (Å²) in [5, 5.41) is 4.52. The standard InChI is InChI=1S/C15H19Br2N3/c1-4-20-14(15(17)10(3)19-20)8-13(18)12-6-5-11(16)7-9(12)2/h5-7,13H,4,8,18H2,1-3H3. The molecule has 0 fully saturated rings. The van der Waals surface area contributed by atoms with Gasteiger partial charge in [-0.15, -0.1) is 0 Å². The molecular formula is C15H19Br2N3. The highest BCUT2D eigenvalue weighted by Gasteiger charge is 2.17. The largest absolute Gasteiger partial charge is 0.324 e. The second kappa shape index (κ2) is 6.41. The van der Waals surface area contributed by atoms with Crippen LogP contribution in [0, 0.1) is 13.8 Å². The van der Waals surface area contributed by atoms with Crippen molar-refractivity contribution in [1.29, 1.82) is 0 Å². The van der Waals surface area contributed by atoms with Crippen molar-refractivity contribution in [2.45, 2.75) is 39.8 Å². The van der Waals surface area contributed by atoms with Gasteiger partial charge in [0.2, 0.25) is 0 Å². The molecule has 0 saturated heterocycles. The molecule has 3 nitrogen and oxygen atoms in total. The second-order valence-corrected chi connectivity index (χ2v) is 6.68. The van der Waals surface area contributed by atoms with Crippen molar-refractivity contribution in [3.05, 3.63) is 49.7 Å². The van der Waals surface area contributed by atoms with Crippen molar-refractivity contribution in [1.82, 2.24) is 9.78 Å². The van der Waals surface area contributed by atoms with E-state index in [0.29, 0.717) is 0 Å². The topological polar surface area (TPSA) is 43.8 Å². The SMILES string of the molecule is CCn1nc(C)c(Br)c1CC(N)c1ccc(Br)cc1C. The fourth-order valence-electron chi connectivity index (χ4n) is 2.44. The smallest absolute Gasteiger partial charge is 0.0738 e. The van der Waals surface area contributed by atoms with E-state index in [1.807, 2.05) is 17.7 Å². The number of halogens is 2. The molecule has 108 valence electrons. The molecule has 1 unspecified atom stereocenters. The summed E-state index contributed by atoms with van der Waals surface area (Å²) in [4.78, 5) is 0. The van der Waals surface area contributed by atoms with Crippen molar-refractivity contribution in [2.24, 2.45) is 5.73 Å². The van der Waals surface area contributed by atoms with Gasteiger partial charge < -0.3 is 5.73 Å². The molecule has 0 amide bonds. The van der Waals surface area contributed by atoms with Crippen molar-refractivity contribution in [3.63, 3.8) is 0 Å². The Morgan fingerprint density at radius 2 is 2.00 bits per heavy atom. The zero-order valence-electron chi connectivity index (χ0n) is 12.0. The third kappa shape index (κ3) is 3.15. The van der Waals surface area contributed by atoms with Crippen LogP contribution in [0.3, 0.4) is 0 Å². The van der Waals surface area contributed by atoms with Gasteiger partial charge in [-0.1, -0.05) is 22.0 Å². The molecular weight excluding hydrogens is 382 g/mol. The summed E-state index contributed by atoms with van der Waals surface area (Å²) in [6, 6.07) is 6.21. The Kier molecular flexibility index (Phi) is 5.04. The van der Waals surface area contributed by atoms with Gasteiger partial charge in [-0.3, -0.25) is 4.68 Å². The lowest BCUT2D eigenvalue weighted by molar-refractivity contribution is 0.585. The van der Waals surface area contributed by atoms with Crippen LogP contribution >= 0.6 is 31.9 Å². The molecule has 1 aromatic carbocycles. The maximum absolute atomic E-state index is 6.40. The molecule has 0 bridgehead atoms. The number of hydrogen-bond acceptors (Lipinski definition) is 2. The highest BCUT2D eigenvalue weighted by molar-refractivity contribution is 9.10. The first-order valence-corrected chi connectivity index (χ1v) is 8.26. The molecule has 0 spiro atoms. The number of nitrogens with zero attached hydrogens (tertiary/aromatic N) is 2. The molecule has 2 N–H and O–H groups in total. The molecule has 2 rings (SSSR count). The minimum atomic E-state index is -0.0270. The van der Waals surface area contributed by atoms with Gasteiger partial charge in [-0.25, -0.2) is 0 Å². The Balaban J connectivity index is 2.30. The molecule has 0 radical (unpaired) electrons. The van der Waals surface area contributed by atoms with Crippen molar-refractivity contribution >= 4 is 31.9 Å². The fourth-order valence-corrected chi connectivity index (χ4v) is 3.36. The Hall–Kier alpha value is -0.650. The van der Waals surface area contributed by atoms with Crippen LogP contribution in [0.1, 0.15) is 35.5 Å². The van der Waals surface area contributed by atoms with Gasteiger partial charge in [0.05, 0.1) is 15.9 Å². The highest BCUT2D eigenvalue weighted by Crippen LogP contribution is 2.27. The second-order valence-electron chi connectivity index (χ2n) is 4.97. The van der Waals surface area contributed by atoms with Crippen LogP contribution in [0.25, 0.3) is 0 Å². The molecule has 0 aliphatic rings. The molecule has 20 heavy (non-hydrogen) atoms.